The zero-order chi connectivity index (χ0) is 22.3. The number of benzene rings is 2. The van der Waals surface area contributed by atoms with E-state index in [1.807, 2.05) is 24.3 Å². The first-order chi connectivity index (χ1) is 14.0. The van der Waals surface area contributed by atoms with E-state index in [4.69, 9.17) is 21.6 Å². The molecule has 1 amide bonds. The van der Waals surface area contributed by atoms with E-state index in [1.165, 1.54) is 5.56 Å². The molecule has 1 saturated carbocycles. The number of nitrogens with zero attached hydrogens (tertiary/aromatic N) is 1. The smallest absolute Gasteiger partial charge is 0.251 e. The number of hydrogen-bond donors (Lipinski definition) is 1. The third-order valence-electron chi connectivity index (χ3n) is 6.27. The number of hydrogen-bond acceptors (Lipinski definition) is 3. The Hall–Kier alpha value is -2.51. The van der Waals surface area contributed by atoms with Gasteiger partial charge in [-0.05, 0) is 35.7 Å². The Labute approximate surface area is 184 Å². The fourth-order valence-electron chi connectivity index (χ4n) is 4.83. The van der Waals surface area contributed by atoms with Crippen molar-refractivity contribution in [2.24, 2.45) is 10.8 Å². The second kappa shape index (κ2) is 7.96. The van der Waals surface area contributed by atoms with Gasteiger partial charge in [0.05, 0.1) is 10.6 Å². The maximum absolute atomic E-state index is 12.9. The lowest BCUT2D eigenvalue weighted by Gasteiger charge is -2.63. The van der Waals surface area contributed by atoms with E-state index in [0.29, 0.717) is 27.8 Å². The van der Waals surface area contributed by atoms with Crippen LogP contribution in [0.5, 0.6) is 5.75 Å². The molecule has 0 saturated heterocycles. The first kappa shape index (κ1) is 22.2. The molecule has 1 aliphatic carbocycles. The zero-order valence-electron chi connectivity index (χ0n) is 18.4. The predicted octanol–water partition coefficient (Wildman–Crippen LogP) is 5.95. The summed E-state index contributed by atoms with van der Waals surface area (Å²) in [6.45, 7) is 12.7. The summed E-state index contributed by atoms with van der Waals surface area (Å²) < 4.78 is 6.28. The van der Waals surface area contributed by atoms with Crippen molar-refractivity contribution in [2.45, 2.75) is 59.6 Å². The van der Waals surface area contributed by atoms with E-state index < -0.39 is 0 Å². The van der Waals surface area contributed by atoms with Gasteiger partial charge in [-0.1, -0.05) is 65.3 Å². The van der Waals surface area contributed by atoms with E-state index in [0.717, 1.165) is 0 Å². The van der Waals surface area contributed by atoms with Crippen molar-refractivity contribution in [1.82, 2.24) is 5.32 Å². The Morgan fingerprint density at radius 1 is 1.10 bits per heavy atom. The molecule has 3 rings (SSSR count). The molecule has 2 aromatic rings. The molecular formula is C25H29ClN2O2. The van der Waals surface area contributed by atoms with Crippen LogP contribution in [0.1, 0.15) is 68.9 Å². The SMILES string of the molecule is CC(C)c1ccc(C(=O)NC2C(C)(C)C(Oc3ccc(C#N)c(Cl)c3)C2(C)C)cc1. The van der Waals surface area contributed by atoms with E-state index >= 15 is 0 Å². The fraction of sp³-hybridized carbons (Fsp3) is 0.440. The minimum absolute atomic E-state index is 0.0545. The van der Waals surface area contributed by atoms with Gasteiger partial charge in [0.1, 0.15) is 17.9 Å². The summed E-state index contributed by atoms with van der Waals surface area (Å²) in [5.74, 6) is 0.982. The summed E-state index contributed by atoms with van der Waals surface area (Å²) in [4.78, 5) is 12.9. The summed E-state index contributed by atoms with van der Waals surface area (Å²) in [5.41, 5.74) is 1.74. The molecule has 0 bridgehead atoms. The largest absolute Gasteiger partial charge is 0.489 e. The van der Waals surface area contributed by atoms with Crippen LogP contribution in [0.3, 0.4) is 0 Å². The molecule has 2 aromatic carbocycles. The molecular weight excluding hydrogens is 396 g/mol. The van der Waals surface area contributed by atoms with Crippen LogP contribution in [0.4, 0.5) is 0 Å². The Kier molecular flexibility index (Phi) is 5.89. The molecule has 0 aliphatic heterocycles. The lowest BCUT2D eigenvalue weighted by atomic mass is 9.49. The number of nitriles is 1. The third-order valence-corrected chi connectivity index (χ3v) is 6.58. The quantitative estimate of drug-likeness (QED) is 0.645. The Balaban J connectivity index is 1.74. The number of halogens is 1. The van der Waals surface area contributed by atoms with E-state index in [2.05, 4.69) is 52.9 Å². The number of carbonyl (C=O) groups excluding carboxylic acids is 1. The highest BCUT2D eigenvalue weighted by molar-refractivity contribution is 6.31. The Bertz CT molecular complexity index is 971. The van der Waals surface area contributed by atoms with Gasteiger partial charge in [0.15, 0.2) is 0 Å². The predicted molar refractivity (Wildman–Crippen MR) is 120 cm³/mol. The number of rotatable bonds is 5. The van der Waals surface area contributed by atoms with Crippen molar-refractivity contribution in [2.75, 3.05) is 0 Å². The minimum Gasteiger partial charge on any atom is -0.489 e. The summed E-state index contributed by atoms with van der Waals surface area (Å²) >= 11 is 6.15. The molecule has 0 radical (unpaired) electrons. The average Bonchev–Trinajstić information content (AvgIpc) is 2.69. The lowest BCUT2D eigenvalue weighted by Crippen LogP contribution is -2.74. The maximum atomic E-state index is 12.9. The highest BCUT2D eigenvalue weighted by Gasteiger charge is 2.64. The van der Waals surface area contributed by atoms with E-state index in [1.54, 1.807) is 18.2 Å². The highest BCUT2D eigenvalue weighted by atomic mass is 35.5. The summed E-state index contributed by atoms with van der Waals surface area (Å²) in [6, 6.07) is 14.9. The summed E-state index contributed by atoms with van der Waals surface area (Å²) in [7, 11) is 0. The third kappa shape index (κ3) is 3.91. The average molecular weight is 425 g/mol. The van der Waals surface area contributed by atoms with E-state index in [9.17, 15) is 4.79 Å². The maximum Gasteiger partial charge on any atom is 0.251 e. The van der Waals surface area contributed by atoms with Crippen LogP contribution in [0.2, 0.25) is 5.02 Å². The molecule has 1 N–H and O–H groups in total. The van der Waals surface area contributed by atoms with Crippen LogP contribution in [0.15, 0.2) is 42.5 Å². The monoisotopic (exact) mass is 424 g/mol. The van der Waals surface area contributed by atoms with E-state index in [-0.39, 0.29) is 28.9 Å². The lowest BCUT2D eigenvalue weighted by molar-refractivity contribution is -0.164. The summed E-state index contributed by atoms with van der Waals surface area (Å²) in [5, 5.41) is 12.6. The molecule has 158 valence electrons. The van der Waals surface area contributed by atoms with Gasteiger partial charge in [0.2, 0.25) is 0 Å². The molecule has 5 heteroatoms. The molecule has 1 fully saturated rings. The van der Waals surface area contributed by atoms with Crippen LogP contribution >= 0.6 is 11.6 Å². The van der Waals surface area contributed by atoms with Crippen molar-refractivity contribution in [3.8, 4) is 11.8 Å². The zero-order valence-corrected chi connectivity index (χ0v) is 19.2. The van der Waals surface area contributed by atoms with Gasteiger partial charge >= 0.3 is 0 Å². The van der Waals surface area contributed by atoms with Crippen LogP contribution in [-0.2, 0) is 0 Å². The van der Waals surface area contributed by atoms with Gasteiger partial charge in [-0.3, -0.25) is 4.79 Å². The molecule has 0 spiro atoms. The van der Waals surface area contributed by atoms with Gasteiger partial charge < -0.3 is 10.1 Å². The molecule has 30 heavy (non-hydrogen) atoms. The topological polar surface area (TPSA) is 62.1 Å². The van der Waals surface area contributed by atoms with Crippen molar-refractivity contribution >= 4 is 17.5 Å². The Morgan fingerprint density at radius 3 is 2.20 bits per heavy atom. The second-order valence-electron chi connectivity index (χ2n) is 9.58. The van der Waals surface area contributed by atoms with Gasteiger partial charge in [-0.25, -0.2) is 0 Å². The Morgan fingerprint density at radius 2 is 1.70 bits per heavy atom. The number of carbonyl (C=O) groups is 1. The van der Waals surface area contributed by atoms with Crippen LogP contribution < -0.4 is 10.1 Å². The highest BCUT2D eigenvalue weighted by Crippen LogP contribution is 2.55. The van der Waals surface area contributed by atoms with Crippen molar-refractivity contribution in [1.29, 1.82) is 5.26 Å². The minimum atomic E-state index is -0.280. The normalized spacial score (nSPS) is 21.4. The molecule has 0 atom stereocenters. The molecule has 1 aliphatic rings. The summed E-state index contributed by atoms with van der Waals surface area (Å²) in [6.07, 6.45) is -0.123. The first-order valence-electron chi connectivity index (χ1n) is 10.3. The fourth-order valence-corrected chi connectivity index (χ4v) is 5.04. The first-order valence-corrected chi connectivity index (χ1v) is 10.6. The second-order valence-corrected chi connectivity index (χ2v) is 9.98. The molecule has 0 aromatic heterocycles. The number of ether oxygens (including phenoxy) is 1. The molecule has 4 nitrogen and oxygen atoms in total. The van der Waals surface area contributed by atoms with Gasteiger partial charge in [-0.2, -0.15) is 5.26 Å². The standard InChI is InChI=1S/C25H29ClN2O2/c1-15(2)16-7-9-17(10-8-16)21(29)28-22-24(3,4)23(25(22,5)6)30-19-12-11-18(14-27)20(26)13-19/h7-13,15,22-23H,1-6H3,(H,28,29). The van der Waals surface area contributed by atoms with Crippen LogP contribution in [0.25, 0.3) is 0 Å². The van der Waals surface area contributed by atoms with Crippen molar-refractivity contribution in [3.05, 3.63) is 64.2 Å². The number of amides is 1. The van der Waals surface area contributed by atoms with Crippen molar-refractivity contribution < 1.29 is 9.53 Å². The van der Waals surface area contributed by atoms with Gasteiger partial charge in [0, 0.05) is 28.5 Å². The molecule has 0 heterocycles. The van der Waals surface area contributed by atoms with Gasteiger partial charge in [-0.15, -0.1) is 0 Å². The van der Waals surface area contributed by atoms with Crippen molar-refractivity contribution in [3.63, 3.8) is 0 Å². The van der Waals surface area contributed by atoms with Crippen LogP contribution in [-0.4, -0.2) is 18.1 Å². The molecule has 0 unspecified atom stereocenters. The van der Waals surface area contributed by atoms with Crippen LogP contribution in [0, 0.1) is 22.2 Å². The number of nitrogens with one attached hydrogen (secondary N) is 1. The van der Waals surface area contributed by atoms with Gasteiger partial charge in [0.25, 0.3) is 5.91 Å².